The van der Waals surface area contributed by atoms with Crippen LogP contribution in [0.25, 0.3) is 0 Å². The van der Waals surface area contributed by atoms with Gasteiger partial charge in [-0.15, -0.1) is 0 Å². The number of hydrogen-bond acceptors (Lipinski definition) is 5. The number of nitrogens with one attached hydrogen (secondary N) is 3. The molecule has 0 aromatic rings. The second-order valence-corrected chi connectivity index (χ2v) is 8.92. The Morgan fingerprint density at radius 3 is 2.33 bits per heavy atom. The zero-order valence-electron chi connectivity index (χ0n) is 17.5. The lowest BCUT2D eigenvalue weighted by Crippen LogP contribution is -2.53. The Hall–Kier alpha value is -0.900. The van der Waals surface area contributed by atoms with Crippen molar-refractivity contribution in [3.63, 3.8) is 0 Å². The van der Waals surface area contributed by atoms with Gasteiger partial charge < -0.3 is 15.4 Å². The molecule has 1 unspecified atom stereocenters. The first-order valence-electron chi connectivity index (χ1n) is 10.2. The lowest BCUT2D eigenvalue weighted by molar-refractivity contribution is 0.00272. The molecule has 1 saturated heterocycles. The van der Waals surface area contributed by atoms with Gasteiger partial charge in [0, 0.05) is 45.8 Å². The van der Waals surface area contributed by atoms with Crippen LogP contribution in [0.2, 0.25) is 0 Å². The van der Waals surface area contributed by atoms with Crippen molar-refractivity contribution in [3.05, 3.63) is 0 Å². The van der Waals surface area contributed by atoms with E-state index in [1.807, 2.05) is 0 Å². The Bertz CT molecular complexity index is 517. The zero-order chi connectivity index (χ0) is 20.1. The number of guanidine groups is 1. The molecule has 1 atom stereocenters. The fraction of sp³-hybridized carbons (Fsp3) is 0.944. The third-order valence-corrected chi connectivity index (χ3v) is 6.56. The molecular weight excluding hydrogens is 366 g/mol. The van der Waals surface area contributed by atoms with Crippen molar-refractivity contribution in [1.82, 2.24) is 20.3 Å². The molecule has 27 heavy (non-hydrogen) atoms. The van der Waals surface area contributed by atoms with Crippen molar-refractivity contribution >= 4 is 16.0 Å². The normalized spacial score (nSPS) is 17.9. The van der Waals surface area contributed by atoms with Crippen LogP contribution in [-0.2, 0) is 14.8 Å². The third-order valence-electron chi connectivity index (χ3n) is 5.16. The molecule has 1 rings (SSSR count). The van der Waals surface area contributed by atoms with E-state index in [4.69, 9.17) is 4.74 Å². The third kappa shape index (κ3) is 9.23. The molecule has 0 amide bonds. The van der Waals surface area contributed by atoms with Gasteiger partial charge in [0.2, 0.25) is 10.0 Å². The smallest absolute Gasteiger partial charge is 0.211 e. The van der Waals surface area contributed by atoms with E-state index in [9.17, 15) is 8.42 Å². The van der Waals surface area contributed by atoms with E-state index in [-0.39, 0.29) is 5.75 Å². The second kappa shape index (κ2) is 13.3. The van der Waals surface area contributed by atoms with E-state index in [0.29, 0.717) is 31.5 Å². The van der Waals surface area contributed by atoms with E-state index in [2.05, 4.69) is 39.1 Å². The SMILES string of the molecule is CCC(CC)C(CNC(=NC)NCCCNS(=O)(=O)CC)N1CCOCC1. The van der Waals surface area contributed by atoms with Crippen LogP contribution in [0.15, 0.2) is 4.99 Å². The molecule has 8 nitrogen and oxygen atoms in total. The van der Waals surface area contributed by atoms with Gasteiger partial charge in [-0.25, -0.2) is 13.1 Å². The Kier molecular flexibility index (Phi) is 11.9. The highest BCUT2D eigenvalue weighted by Crippen LogP contribution is 2.19. The molecule has 160 valence electrons. The first-order valence-corrected chi connectivity index (χ1v) is 11.9. The fourth-order valence-corrected chi connectivity index (χ4v) is 4.04. The van der Waals surface area contributed by atoms with Crippen molar-refractivity contribution in [3.8, 4) is 0 Å². The number of hydrogen-bond donors (Lipinski definition) is 3. The van der Waals surface area contributed by atoms with E-state index in [1.165, 1.54) is 0 Å². The highest BCUT2D eigenvalue weighted by Gasteiger charge is 2.26. The number of aliphatic imine (C=N–C) groups is 1. The van der Waals surface area contributed by atoms with E-state index < -0.39 is 10.0 Å². The lowest BCUT2D eigenvalue weighted by Gasteiger charge is -2.39. The van der Waals surface area contributed by atoms with Gasteiger partial charge in [-0.1, -0.05) is 26.7 Å². The lowest BCUT2D eigenvalue weighted by atomic mass is 9.92. The van der Waals surface area contributed by atoms with Crippen molar-refractivity contribution in [1.29, 1.82) is 0 Å². The van der Waals surface area contributed by atoms with Crippen LogP contribution >= 0.6 is 0 Å². The summed E-state index contributed by atoms with van der Waals surface area (Å²) in [6.45, 7) is 11.7. The summed E-state index contributed by atoms with van der Waals surface area (Å²) >= 11 is 0. The standard InChI is InChI=1S/C18H39N5O3S/c1-5-16(6-2)17(23-11-13-26-14-12-23)15-21-18(19-4)20-9-8-10-22-27(24,25)7-3/h16-17,22H,5-15H2,1-4H3,(H2,19,20,21). The van der Waals surface area contributed by atoms with Crippen LogP contribution in [-0.4, -0.2) is 84.1 Å². The summed E-state index contributed by atoms with van der Waals surface area (Å²) in [6, 6.07) is 0.457. The van der Waals surface area contributed by atoms with Gasteiger partial charge in [-0.05, 0) is 19.3 Å². The maximum absolute atomic E-state index is 11.4. The quantitative estimate of drug-likeness (QED) is 0.250. The molecule has 0 saturated carbocycles. The molecule has 1 aliphatic heterocycles. The summed E-state index contributed by atoms with van der Waals surface area (Å²) in [5.41, 5.74) is 0. The molecule has 0 aromatic carbocycles. The predicted octanol–water partition coefficient (Wildman–Crippen LogP) is 0.618. The summed E-state index contributed by atoms with van der Waals surface area (Å²) in [5.74, 6) is 1.51. The van der Waals surface area contributed by atoms with Crippen molar-refractivity contribution < 1.29 is 13.2 Å². The molecule has 1 heterocycles. The van der Waals surface area contributed by atoms with Crippen LogP contribution in [0.5, 0.6) is 0 Å². The summed E-state index contributed by atoms with van der Waals surface area (Å²) < 4.78 is 30.9. The van der Waals surface area contributed by atoms with Crippen LogP contribution in [0.3, 0.4) is 0 Å². The zero-order valence-corrected chi connectivity index (χ0v) is 18.3. The average molecular weight is 406 g/mol. The average Bonchev–Trinajstić information content (AvgIpc) is 2.69. The van der Waals surface area contributed by atoms with Crippen molar-refractivity contribution in [2.45, 2.75) is 46.1 Å². The first-order chi connectivity index (χ1) is 13.0. The van der Waals surface area contributed by atoms with Gasteiger partial charge >= 0.3 is 0 Å². The van der Waals surface area contributed by atoms with E-state index in [0.717, 1.165) is 51.6 Å². The molecule has 0 bridgehead atoms. The van der Waals surface area contributed by atoms with Crippen LogP contribution in [0.1, 0.15) is 40.0 Å². The Morgan fingerprint density at radius 2 is 1.78 bits per heavy atom. The highest BCUT2D eigenvalue weighted by atomic mass is 32.2. The number of nitrogens with zero attached hydrogens (tertiary/aromatic N) is 2. The van der Waals surface area contributed by atoms with Gasteiger partial charge in [0.1, 0.15) is 0 Å². The van der Waals surface area contributed by atoms with Gasteiger partial charge in [0.25, 0.3) is 0 Å². The molecule has 9 heteroatoms. The van der Waals surface area contributed by atoms with Crippen molar-refractivity contribution in [2.75, 3.05) is 58.7 Å². The molecule has 3 N–H and O–H groups in total. The summed E-state index contributed by atoms with van der Waals surface area (Å²) in [4.78, 5) is 6.82. The van der Waals surface area contributed by atoms with Gasteiger partial charge in [0.05, 0.1) is 19.0 Å². The van der Waals surface area contributed by atoms with Crippen LogP contribution < -0.4 is 15.4 Å². The minimum absolute atomic E-state index is 0.114. The number of ether oxygens (including phenoxy) is 1. The topological polar surface area (TPSA) is 95.1 Å². The minimum atomic E-state index is -3.11. The second-order valence-electron chi connectivity index (χ2n) is 6.82. The van der Waals surface area contributed by atoms with Gasteiger partial charge in [-0.3, -0.25) is 9.89 Å². The summed E-state index contributed by atoms with van der Waals surface area (Å²) in [6.07, 6.45) is 3.02. The molecule has 0 spiro atoms. The molecule has 0 aliphatic carbocycles. The van der Waals surface area contributed by atoms with Gasteiger partial charge in [0.15, 0.2) is 5.96 Å². The number of sulfonamides is 1. The first kappa shape index (κ1) is 24.1. The monoisotopic (exact) mass is 405 g/mol. The molecule has 1 aliphatic rings. The van der Waals surface area contributed by atoms with Crippen LogP contribution in [0, 0.1) is 5.92 Å². The molecule has 0 radical (unpaired) electrons. The van der Waals surface area contributed by atoms with Crippen molar-refractivity contribution in [2.24, 2.45) is 10.9 Å². The predicted molar refractivity (Wildman–Crippen MR) is 112 cm³/mol. The van der Waals surface area contributed by atoms with E-state index in [1.54, 1.807) is 14.0 Å². The number of rotatable bonds is 12. The summed E-state index contributed by atoms with van der Waals surface area (Å²) in [7, 11) is -1.35. The minimum Gasteiger partial charge on any atom is -0.379 e. The molecule has 0 aromatic heterocycles. The highest BCUT2D eigenvalue weighted by molar-refractivity contribution is 7.89. The summed E-state index contributed by atoms with van der Waals surface area (Å²) in [5, 5.41) is 6.72. The molecule has 1 fully saturated rings. The van der Waals surface area contributed by atoms with E-state index >= 15 is 0 Å². The maximum atomic E-state index is 11.4. The van der Waals surface area contributed by atoms with Gasteiger partial charge in [-0.2, -0.15) is 0 Å². The maximum Gasteiger partial charge on any atom is 0.211 e. The molecular formula is C18H39N5O3S. The Labute approximate surface area is 165 Å². The van der Waals surface area contributed by atoms with Crippen LogP contribution in [0.4, 0.5) is 0 Å². The Balaban J connectivity index is 2.44. The fourth-order valence-electron chi connectivity index (χ4n) is 3.38. The number of morpholine rings is 1. The Morgan fingerprint density at radius 1 is 1.11 bits per heavy atom. The largest absolute Gasteiger partial charge is 0.379 e.